The van der Waals surface area contributed by atoms with Crippen molar-refractivity contribution >= 4 is 37.2 Å². The van der Waals surface area contributed by atoms with E-state index in [1.807, 2.05) is 0 Å². The van der Waals surface area contributed by atoms with Crippen LogP contribution in [0.4, 0.5) is 0 Å². The Labute approximate surface area is 101 Å². The monoisotopic (exact) mass is 254 g/mol. The smallest absolute Gasteiger partial charge is 0.303 e. The van der Waals surface area contributed by atoms with Gasteiger partial charge in [0.2, 0.25) is 0 Å². The van der Waals surface area contributed by atoms with Gasteiger partial charge in [-0.2, -0.15) is 25.3 Å². The summed E-state index contributed by atoms with van der Waals surface area (Å²) in [7, 11) is 0. The first-order chi connectivity index (χ1) is 7.04. The molecule has 0 atom stereocenters. The van der Waals surface area contributed by atoms with Gasteiger partial charge in [-0.3, -0.25) is 9.59 Å². The minimum Gasteiger partial charge on any atom is -0.481 e. The summed E-state index contributed by atoms with van der Waals surface area (Å²) >= 11 is 7.76. The van der Waals surface area contributed by atoms with Crippen molar-refractivity contribution in [1.29, 1.82) is 0 Å². The van der Waals surface area contributed by atoms with Crippen LogP contribution >= 0.6 is 25.3 Å². The van der Waals surface area contributed by atoms with Gasteiger partial charge in [-0.05, 0) is 30.8 Å². The van der Waals surface area contributed by atoms with Gasteiger partial charge in [-0.15, -0.1) is 0 Å². The van der Waals surface area contributed by atoms with Crippen molar-refractivity contribution < 1.29 is 19.8 Å². The van der Waals surface area contributed by atoms with E-state index in [-0.39, 0.29) is 12.8 Å². The number of hydrogen-bond acceptors (Lipinski definition) is 4. The highest BCUT2D eigenvalue weighted by atomic mass is 32.1. The number of rotatable bonds is 7. The number of carboxylic acids is 2. The molecule has 0 heterocycles. The van der Waals surface area contributed by atoms with E-state index in [0.29, 0.717) is 12.2 Å². The highest BCUT2D eigenvalue weighted by Crippen LogP contribution is 1.95. The summed E-state index contributed by atoms with van der Waals surface area (Å²) in [5.74, 6) is -0.0135. The van der Waals surface area contributed by atoms with Crippen LogP contribution in [0.3, 0.4) is 0 Å². The summed E-state index contributed by atoms with van der Waals surface area (Å²) < 4.78 is 0. The van der Waals surface area contributed by atoms with Gasteiger partial charge in [-0.25, -0.2) is 0 Å². The molecule has 0 aliphatic heterocycles. The van der Waals surface area contributed by atoms with E-state index in [1.54, 1.807) is 0 Å². The van der Waals surface area contributed by atoms with Crippen molar-refractivity contribution in [3.8, 4) is 0 Å². The number of thiol groups is 2. The Morgan fingerprint density at radius 2 is 1.20 bits per heavy atom. The van der Waals surface area contributed by atoms with Crippen LogP contribution in [0, 0.1) is 0 Å². The van der Waals surface area contributed by atoms with E-state index in [2.05, 4.69) is 25.3 Å². The average molecular weight is 254 g/mol. The predicted molar refractivity (Wildman–Crippen MR) is 66.1 cm³/mol. The zero-order valence-corrected chi connectivity index (χ0v) is 10.3. The van der Waals surface area contributed by atoms with Crippen molar-refractivity contribution in [2.75, 3.05) is 11.5 Å². The summed E-state index contributed by atoms with van der Waals surface area (Å²) in [4.78, 5) is 19.6. The van der Waals surface area contributed by atoms with E-state index in [9.17, 15) is 9.59 Å². The Morgan fingerprint density at radius 3 is 1.47 bits per heavy atom. The number of unbranched alkanes of at least 4 members (excludes halogenated alkanes) is 1. The van der Waals surface area contributed by atoms with Crippen molar-refractivity contribution in [1.82, 2.24) is 0 Å². The molecular weight excluding hydrogens is 236 g/mol. The highest BCUT2D eigenvalue weighted by Gasteiger charge is 1.93. The Morgan fingerprint density at radius 1 is 0.800 bits per heavy atom. The fourth-order valence-electron chi connectivity index (χ4n) is 0.618. The van der Waals surface area contributed by atoms with E-state index in [0.717, 1.165) is 18.6 Å². The van der Waals surface area contributed by atoms with Crippen molar-refractivity contribution in [3.05, 3.63) is 0 Å². The van der Waals surface area contributed by atoms with Gasteiger partial charge >= 0.3 is 11.9 Å². The summed E-state index contributed by atoms with van der Waals surface area (Å²) in [6, 6.07) is 0. The van der Waals surface area contributed by atoms with Crippen LogP contribution < -0.4 is 0 Å². The Balaban J connectivity index is 0. The van der Waals surface area contributed by atoms with Crippen molar-refractivity contribution in [2.45, 2.75) is 32.1 Å². The fraction of sp³-hybridized carbons (Fsp3) is 0.778. The average Bonchev–Trinajstić information content (AvgIpc) is 2.15. The summed E-state index contributed by atoms with van der Waals surface area (Å²) in [6.07, 6.45) is 2.83. The first-order valence-corrected chi connectivity index (χ1v) is 5.96. The molecule has 90 valence electrons. The van der Waals surface area contributed by atoms with Gasteiger partial charge in [0.1, 0.15) is 0 Å². The molecular formula is C9H18O4S2. The normalized spacial score (nSPS) is 8.93. The summed E-state index contributed by atoms with van der Waals surface area (Å²) in [5, 5.41) is 16.1. The topological polar surface area (TPSA) is 74.6 Å². The van der Waals surface area contributed by atoms with Crippen LogP contribution in [-0.4, -0.2) is 33.7 Å². The molecule has 0 saturated heterocycles. The molecule has 0 rings (SSSR count). The second kappa shape index (κ2) is 13.6. The third kappa shape index (κ3) is 24.8. The van der Waals surface area contributed by atoms with Crippen LogP contribution in [0.25, 0.3) is 0 Å². The van der Waals surface area contributed by atoms with Gasteiger partial charge in [0.15, 0.2) is 0 Å². The first kappa shape index (κ1) is 17.0. The second-order valence-corrected chi connectivity index (χ2v) is 3.69. The molecule has 0 amide bonds. The van der Waals surface area contributed by atoms with Crippen molar-refractivity contribution in [3.63, 3.8) is 0 Å². The molecule has 15 heavy (non-hydrogen) atoms. The van der Waals surface area contributed by atoms with Crippen LogP contribution in [0.2, 0.25) is 0 Å². The lowest BCUT2D eigenvalue weighted by molar-refractivity contribution is -0.138. The van der Waals surface area contributed by atoms with Crippen LogP contribution in [0.5, 0.6) is 0 Å². The molecule has 0 spiro atoms. The van der Waals surface area contributed by atoms with Crippen LogP contribution in [0.1, 0.15) is 32.1 Å². The minimum atomic E-state index is -0.742. The Kier molecular flexibility index (Phi) is 15.5. The molecule has 6 heteroatoms. The lowest BCUT2D eigenvalue weighted by Crippen LogP contribution is -1.93. The maximum absolute atomic E-state index is 9.85. The largest absolute Gasteiger partial charge is 0.481 e. The van der Waals surface area contributed by atoms with Gasteiger partial charge in [0.25, 0.3) is 0 Å². The van der Waals surface area contributed by atoms with Gasteiger partial charge in [-0.1, -0.05) is 0 Å². The molecule has 0 aliphatic carbocycles. The summed E-state index contributed by atoms with van der Waals surface area (Å²) in [5.41, 5.74) is 0. The third-order valence-corrected chi connectivity index (χ3v) is 1.98. The molecule has 0 aromatic rings. The molecule has 0 radical (unpaired) electrons. The molecule has 0 aromatic heterocycles. The molecule has 0 unspecified atom stereocenters. The van der Waals surface area contributed by atoms with Gasteiger partial charge in [0, 0.05) is 12.8 Å². The Bertz CT molecular complexity index is 173. The van der Waals surface area contributed by atoms with E-state index >= 15 is 0 Å². The number of carboxylic acid groups (broad SMARTS) is 2. The quantitative estimate of drug-likeness (QED) is 0.414. The zero-order chi connectivity index (χ0) is 12.1. The molecule has 0 fully saturated rings. The Hall–Kier alpha value is -0.360. The van der Waals surface area contributed by atoms with Crippen LogP contribution in [-0.2, 0) is 9.59 Å². The molecule has 0 aromatic carbocycles. The SMILES string of the molecule is O=C(O)CCCCS.O=C(O)CCCS. The fourth-order valence-corrected chi connectivity index (χ4v) is 1.00. The highest BCUT2D eigenvalue weighted by molar-refractivity contribution is 7.80. The third-order valence-electron chi connectivity index (χ3n) is 1.35. The maximum Gasteiger partial charge on any atom is 0.303 e. The van der Waals surface area contributed by atoms with Crippen LogP contribution in [0.15, 0.2) is 0 Å². The summed E-state index contributed by atoms with van der Waals surface area (Å²) in [6.45, 7) is 0. The van der Waals surface area contributed by atoms with E-state index in [4.69, 9.17) is 10.2 Å². The molecule has 2 N–H and O–H groups in total. The zero-order valence-electron chi connectivity index (χ0n) is 8.56. The van der Waals surface area contributed by atoms with Crippen molar-refractivity contribution in [2.24, 2.45) is 0 Å². The van der Waals surface area contributed by atoms with E-state index in [1.165, 1.54) is 0 Å². The minimum absolute atomic E-state index is 0.240. The number of carbonyl (C=O) groups is 2. The second-order valence-electron chi connectivity index (χ2n) is 2.80. The standard InChI is InChI=1S/C5H10O2S.C4H8O2S/c6-5(7)3-1-2-4-8;5-4(6)2-1-3-7/h8H,1-4H2,(H,6,7);7H,1-3H2,(H,5,6). The molecule has 0 bridgehead atoms. The maximum atomic E-state index is 9.85. The number of hydrogen-bond donors (Lipinski definition) is 4. The number of aliphatic carboxylic acids is 2. The first-order valence-electron chi connectivity index (χ1n) is 4.70. The van der Waals surface area contributed by atoms with E-state index < -0.39 is 11.9 Å². The molecule has 0 saturated carbocycles. The lowest BCUT2D eigenvalue weighted by Gasteiger charge is -1.89. The predicted octanol–water partition coefficient (Wildman–Crippen LogP) is 1.95. The molecule has 4 nitrogen and oxygen atoms in total. The van der Waals surface area contributed by atoms with Gasteiger partial charge < -0.3 is 10.2 Å². The lowest BCUT2D eigenvalue weighted by atomic mass is 10.3. The molecule has 0 aliphatic rings. The van der Waals surface area contributed by atoms with Gasteiger partial charge in [0.05, 0.1) is 0 Å².